The molecule has 1 aliphatic heterocycles. The molecule has 0 aliphatic carbocycles. The van der Waals surface area contributed by atoms with Gasteiger partial charge in [-0.15, -0.1) is 0 Å². The van der Waals surface area contributed by atoms with E-state index in [1.165, 1.54) is 14.7 Å². The fourth-order valence-corrected chi connectivity index (χ4v) is 5.00. The summed E-state index contributed by atoms with van der Waals surface area (Å²) in [4.78, 5) is 3.96. The van der Waals surface area contributed by atoms with E-state index >= 15 is 0 Å². The first-order valence-corrected chi connectivity index (χ1v) is 7.99. The summed E-state index contributed by atoms with van der Waals surface area (Å²) in [6.07, 6.45) is 0. The lowest BCUT2D eigenvalue weighted by molar-refractivity contribution is 0.453. The highest BCUT2D eigenvalue weighted by Crippen LogP contribution is 2.60. The second-order valence-electron chi connectivity index (χ2n) is 4.71. The average Bonchev–Trinajstić information content (AvgIpc) is 2.53. The molecule has 0 bridgehead atoms. The van der Waals surface area contributed by atoms with E-state index in [2.05, 4.69) is 66.7 Å². The van der Waals surface area contributed by atoms with Gasteiger partial charge in [-0.2, -0.15) is 10.9 Å². The van der Waals surface area contributed by atoms with Gasteiger partial charge in [-0.3, -0.25) is 0 Å². The molecule has 4 rings (SSSR count). The molecule has 0 aromatic heterocycles. The van der Waals surface area contributed by atoms with E-state index in [9.17, 15) is 0 Å². The van der Waals surface area contributed by atoms with Crippen LogP contribution in [0.2, 0.25) is 0 Å². The molecule has 0 fully saturated rings. The Morgan fingerprint density at radius 3 is 1.65 bits per heavy atom. The van der Waals surface area contributed by atoms with Gasteiger partial charge in [0, 0.05) is 9.79 Å². The van der Waals surface area contributed by atoms with Crippen molar-refractivity contribution < 1.29 is 4.74 Å². The minimum Gasteiger partial charge on any atom is -0.455 e. The van der Waals surface area contributed by atoms with Crippen LogP contribution in [-0.4, -0.2) is 0 Å². The SMILES string of the molecule is c1ccc([SH]2c3ccccc3Oc3ccccc32)cc1. The van der Waals surface area contributed by atoms with Crippen LogP contribution >= 0.6 is 10.9 Å². The van der Waals surface area contributed by atoms with Crippen LogP contribution in [-0.2, 0) is 0 Å². The fraction of sp³-hybridized carbons (Fsp3) is 0. The predicted molar refractivity (Wildman–Crippen MR) is 83.2 cm³/mol. The number of thiol groups is 1. The van der Waals surface area contributed by atoms with E-state index in [1.807, 2.05) is 12.1 Å². The van der Waals surface area contributed by atoms with Crippen molar-refractivity contribution in [2.45, 2.75) is 14.7 Å². The van der Waals surface area contributed by atoms with Gasteiger partial charge in [0.1, 0.15) is 11.5 Å². The average molecular weight is 278 g/mol. The van der Waals surface area contributed by atoms with Gasteiger partial charge in [0.15, 0.2) is 0 Å². The third-order valence-electron chi connectivity index (χ3n) is 3.45. The Morgan fingerprint density at radius 1 is 0.550 bits per heavy atom. The number of fused-ring (bicyclic) bond motifs is 2. The van der Waals surface area contributed by atoms with E-state index in [0.717, 1.165) is 11.5 Å². The Balaban J connectivity index is 1.98. The first-order chi connectivity index (χ1) is 9.93. The molecule has 3 aromatic rings. The summed E-state index contributed by atoms with van der Waals surface area (Å²) >= 11 is 0. The second-order valence-corrected chi connectivity index (χ2v) is 6.86. The van der Waals surface area contributed by atoms with Crippen LogP contribution in [0.5, 0.6) is 11.5 Å². The number of rotatable bonds is 1. The van der Waals surface area contributed by atoms with Gasteiger partial charge >= 0.3 is 0 Å². The second kappa shape index (κ2) is 4.73. The molecule has 0 saturated carbocycles. The van der Waals surface area contributed by atoms with Crippen LogP contribution in [0.3, 0.4) is 0 Å². The zero-order valence-corrected chi connectivity index (χ0v) is 11.8. The molecule has 0 radical (unpaired) electrons. The number of hydrogen-bond donors (Lipinski definition) is 1. The van der Waals surface area contributed by atoms with Crippen molar-refractivity contribution in [2.75, 3.05) is 0 Å². The van der Waals surface area contributed by atoms with Crippen molar-refractivity contribution in [1.29, 1.82) is 0 Å². The molecular formula is C18H14OS. The lowest BCUT2D eigenvalue weighted by Crippen LogP contribution is -2.00. The number of para-hydroxylation sites is 2. The summed E-state index contributed by atoms with van der Waals surface area (Å²) in [6.45, 7) is 0. The van der Waals surface area contributed by atoms with Crippen molar-refractivity contribution in [3.63, 3.8) is 0 Å². The van der Waals surface area contributed by atoms with Gasteiger partial charge < -0.3 is 4.74 Å². The molecule has 0 amide bonds. The minimum atomic E-state index is -0.524. The van der Waals surface area contributed by atoms with Gasteiger partial charge in [0.05, 0.1) is 0 Å². The van der Waals surface area contributed by atoms with Crippen molar-refractivity contribution in [2.24, 2.45) is 0 Å². The zero-order valence-electron chi connectivity index (χ0n) is 10.9. The van der Waals surface area contributed by atoms with Crippen LogP contribution in [0, 0.1) is 0 Å². The van der Waals surface area contributed by atoms with Gasteiger partial charge in [-0.05, 0) is 41.3 Å². The van der Waals surface area contributed by atoms with Crippen LogP contribution in [0.25, 0.3) is 0 Å². The first-order valence-electron chi connectivity index (χ1n) is 6.64. The maximum atomic E-state index is 6.05. The maximum absolute atomic E-state index is 6.05. The zero-order chi connectivity index (χ0) is 13.4. The fourth-order valence-electron chi connectivity index (χ4n) is 2.56. The molecule has 0 unspecified atom stereocenters. The highest BCUT2D eigenvalue weighted by Gasteiger charge is 2.24. The van der Waals surface area contributed by atoms with Crippen LogP contribution in [0.4, 0.5) is 0 Å². The monoisotopic (exact) mass is 278 g/mol. The van der Waals surface area contributed by atoms with Gasteiger partial charge in [0.25, 0.3) is 0 Å². The third kappa shape index (κ3) is 1.81. The quantitative estimate of drug-likeness (QED) is 0.467. The molecule has 0 saturated heterocycles. The molecular weight excluding hydrogens is 264 g/mol. The van der Waals surface area contributed by atoms with E-state index in [-0.39, 0.29) is 0 Å². The van der Waals surface area contributed by atoms with E-state index in [0.29, 0.717) is 0 Å². The highest BCUT2D eigenvalue weighted by atomic mass is 32.2. The molecule has 2 heteroatoms. The molecule has 0 atom stereocenters. The molecule has 1 heterocycles. The molecule has 98 valence electrons. The molecule has 0 spiro atoms. The van der Waals surface area contributed by atoms with Gasteiger partial charge in [-0.1, -0.05) is 42.5 Å². The van der Waals surface area contributed by atoms with E-state index in [1.54, 1.807) is 0 Å². The topological polar surface area (TPSA) is 9.23 Å². The summed E-state index contributed by atoms with van der Waals surface area (Å²) in [5.74, 6) is 1.97. The van der Waals surface area contributed by atoms with Gasteiger partial charge in [-0.25, -0.2) is 0 Å². The Morgan fingerprint density at radius 2 is 1.05 bits per heavy atom. The van der Waals surface area contributed by atoms with Crippen LogP contribution in [0.15, 0.2) is 93.5 Å². The third-order valence-corrected chi connectivity index (χ3v) is 5.96. The van der Waals surface area contributed by atoms with Crippen molar-refractivity contribution in [3.05, 3.63) is 78.9 Å². The van der Waals surface area contributed by atoms with Crippen LogP contribution < -0.4 is 4.74 Å². The van der Waals surface area contributed by atoms with E-state index < -0.39 is 10.9 Å². The maximum Gasteiger partial charge on any atom is 0.139 e. The Hall–Kier alpha value is -2.19. The molecule has 3 aromatic carbocycles. The number of benzene rings is 3. The standard InChI is InChI=1S/C18H14OS/c1-2-8-14(9-3-1)20-17-12-6-4-10-15(17)19-16-11-5-7-13-18(16)20/h1-13,20H. The lowest BCUT2D eigenvalue weighted by atomic mass is 10.3. The Labute approximate surface area is 121 Å². The molecule has 20 heavy (non-hydrogen) atoms. The molecule has 0 N–H and O–H groups in total. The summed E-state index contributed by atoms with van der Waals surface area (Å²) in [6, 6.07) is 27.4. The van der Waals surface area contributed by atoms with Crippen molar-refractivity contribution in [3.8, 4) is 11.5 Å². The normalized spacial score (nSPS) is 14.1. The Bertz CT molecular complexity index is 707. The number of ether oxygens (including phenoxy) is 1. The number of hydrogen-bond acceptors (Lipinski definition) is 1. The smallest absolute Gasteiger partial charge is 0.139 e. The summed E-state index contributed by atoms with van der Waals surface area (Å²) in [7, 11) is -0.524. The predicted octanol–water partition coefficient (Wildman–Crippen LogP) is 5.27. The summed E-state index contributed by atoms with van der Waals surface area (Å²) < 4.78 is 6.05. The van der Waals surface area contributed by atoms with E-state index in [4.69, 9.17) is 4.74 Å². The lowest BCUT2D eigenvalue weighted by Gasteiger charge is -2.31. The van der Waals surface area contributed by atoms with Crippen LogP contribution in [0.1, 0.15) is 0 Å². The summed E-state index contributed by atoms with van der Waals surface area (Å²) in [5, 5.41) is 0. The summed E-state index contributed by atoms with van der Waals surface area (Å²) in [5.41, 5.74) is 0. The molecule has 1 aliphatic rings. The molecule has 1 nitrogen and oxygen atoms in total. The first kappa shape index (κ1) is 11.6. The largest absolute Gasteiger partial charge is 0.455 e. The van der Waals surface area contributed by atoms with Crippen molar-refractivity contribution >= 4 is 10.9 Å². The minimum absolute atomic E-state index is 0.524. The highest BCUT2D eigenvalue weighted by molar-refractivity contribution is 8.17. The van der Waals surface area contributed by atoms with Crippen molar-refractivity contribution in [1.82, 2.24) is 0 Å². The Kier molecular flexibility index (Phi) is 2.75. The van der Waals surface area contributed by atoms with Gasteiger partial charge in [0.2, 0.25) is 0 Å².